The van der Waals surface area contributed by atoms with E-state index in [4.69, 9.17) is 4.84 Å². The third-order valence-electron chi connectivity index (χ3n) is 7.12. The first-order chi connectivity index (χ1) is 19.1. The summed E-state index contributed by atoms with van der Waals surface area (Å²) in [7, 11) is 1.29. The Labute approximate surface area is 235 Å². The molecule has 2 unspecified atom stereocenters. The van der Waals surface area contributed by atoms with Crippen LogP contribution >= 0.6 is 11.8 Å². The van der Waals surface area contributed by atoms with E-state index < -0.39 is 51.8 Å². The highest BCUT2D eigenvalue weighted by Gasteiger charge is 2.49. The van der Waals surface area contributed by atoms with Crippen LogP contribution in [0.15, 0.2) is 33.1 Å². The molecule has 220 valence electrons. The first-order valence-electron chi connectivity index (χ1n) is 12.7. The van der Waals surface area contributed by atoms with Crippen LogP contribution in [-0.2, 0) is 29.3 Å². The highest BCUT2D eigenvalue weighted by Crippen LogP contribution is 2.48. The number of β-amino-alcohol motifs (C(OH)–C–C–N with tert-alkyl or cyclic N) is 1. The van der Waals surface area contributed by atoms with Gasteiger partial charge in [-0.25, -0.2) is 24.5 Å². The molecule has 1 saturated heterocycles. The van der Waals surface area contributed by atoms with E-state index in [2.05, 4.69) is 15.1 Å². The van der Waals surface area contributed by atoms with Crippen molar-refractivity contribution in [2.24, 2.45) is 7.05 Å². The van der Waals surface area contributed by atoms with Gasteiger partial charge in [0.15, 0.2) is 5.69 Å². The molecule has 41 heavy (non-hydrogen) atoms. The van der Waals surface area contributed by atoms with Gasteiger partial charge in [-0.15, -0.1) is 11.8 Å². The highest BCUT2D eigenvalue weighted by atomic mass is 32.2. The van der Waals surface area contributed by atoms with Gasteiger partial charge in [0.05, 0.1) is 23.1 Å². The molecule has 0 aromatic carbocycles. The average Bonchev–Trinajstić information content (AvgIpc) is 3.56. The summed E-state index contributed by atoms with van der Waals surface area (Å²) in [5.74, 6) is -2.04. The smallest absolute Gasteiger partial charge is 0.386 e. The predicted molar refractivity (Wildman–Crippen MR) is 140 cm³/mol. The predicted octanol–water partition coefficient (Wildman–Crippen LogP) is 1.76. The Morgan fingerprint density at radius 1 is 1.27 bits per heavy atom. The number of amides is 1. The van der Waals surface area contributed by atoms with Crippen LogP contribution in [0, 0.1) is 6.92 Å². The Morgan fingerprint density at radius 2 is 1.93 bits per heavy atom. The van der Waals surface area contributed by atoms with Gasteiger partial charge in [0, 0.05) is 42.0 Å². The number of rotatable bonds is 5. The lowest BCUT2D eigenvalue weighted by Gasteiger charge is -2.24. The third kappa shape index (κ3) is 4.97. The number of carbonyl (C=O) groups is 1. The van der Waals surface area contributed by atoms with Crippen molar-refractivity contribution in [1.82, 2.24) is 33.9 Å². The van der Waals surface area contributed by atoms with E-state index in [1.807, 2.05) is 0 Å². The quantitative estimate of drug-likeness (QED) is 0.438. The fraction of sp³-hybridized carbons (Fsp3) is 0.520. The molecule has 0 saturated carbocycles. The van der Waals surface area contributed by atoms with Crippen LogP contribution in [0.1, 0.15) is 55.2 Å². The fourth-order valence-electron chi connectivity index (χ4n) is 5.14. The van der Waals surface area contributed by atoms with Crippen molar-refractivity contribution in [2.45, 2.75) is 68.1 Å². The number of aliphatic hydroxyl groups is 1. The van der Waals surface area contributed by atoms with Crippen molar-refractivity contribution in [3.63, 3.8) is 0 Å². The van der Waals surface area contributed by atoms with Crippen LogP contribution in [0.4, 0.5) is 13.2 Å². The van der Waals surface area contributed by atoms with Crippen molar-refractivity contribution >= 4 is 17.7 Å². The van der Waals surface area contributed by atoms with Gasteiger partial charge in [-0.3, -0.25) is 23.6 Å². The molecule has 5 heterocycles. The average molecular weight is 596 g/mol. The second-order valence-electron chi connectivity index (χ2n) is 10.7. The van der Waals surface area contributed by atoms with E-state index in [0.29, 0.717) is 0 Å². The molecule has 2 aliphatic heterocycles. The second-order valence-corrected chi connectivity index (χ2v) is 11.9. The van der Waals surface area contributed by atoms with Gasteiger partial charge in [-0.1, -0.05) is 0 Å². The molecule has 0 bridgehead atoms. The lowest BCUT2D eigenvalue weighted by molar-refractivity contribution is -0.170. The highest BCUT2D eigenvalue weighted by molar-refractivity contribution is 8.00. The van der Waals surface area contributed by atoms with Crippen molar-refractivity contribution in [3.05, 3.63) is 61.8 Å². The maximum atomic E-state index is 14.3. The van der Waals surface area contributed by atoms with Gasteiger partial charge in [-0.05, 0) is 40.2 Å². The molecule has 3 aromatic rings. The lowest BCUT2D eigenvalue weighted by atomic mass is 9.91. The van der Waals surface area contributed by atoms with Gasteiger partial charge in [0.25, 0.3) is 17.4 Å². The topological polar surface area (TPSA) is 137 Å². The van der Waals surface area contributed by atoms with Crippen molar-refractivity contribution < 1.29 is 27.9 Å². The molecule has 0 spiro atoms. The van der Waals surface area contributed by atoms with E-state index in [-0.39, 0.29) is 47.4 Å². The molecular formula is C25H28F3N7O5S. The number of fused-ring (bicyclic) bond motifs is 1. The fourth-order valence-corrected chi connectivity index (χ4v) is 6.80. The summed E-state index contributed by atoms with van der Waals surface area (Å²) in [5, 5.41) is 14.4. The molecule has 12 nitrogen and oxygen atoms in total. The minimum absolute atomic E-state index is 0.000870. The molecular weight excluding hydrogens is 567 g/mol. The number of halogens is 3. The van der Waals surface area contributed by atoms with Crippen molar-refractivity contribution in [2.75, 3.05) is 13.2 Å². The molecule has 0 radical (unpaired) electrons. The van der Waals surface area contributed by atoms with Crippen LogP contribution in [0.3, 0.4) is 0 Å². The van der Waals surface area contributed by atoms with Crippen LogP contribution in [0.25, 0.3) is 5.95 Å². The Morgan fingerprint density at radius 3 is 2.49 bits per heavy atom. The minimum Gasteiger partial charge on any atom is -0.386 e. The molecule has 0 aliphatic carbocycles. The first kappa shape index (κ1) is 29.0. The summed E-state index contributed by atoms with van der Waals surface area (Å²) in [4.78, 5) is 53.9. The number of thioether (sulfide) groups is 1. The molecule has 1 amide bonds. The zero-order valence-corrected chi connectivity index (χ0v) is 23.7. The summed E-state index contributed by atoms with van der Waals surface area (Å²) in [5.41, 5.74) is -3.93. The van der Waals surface area contributed by atoms with E-state index in [1.54, 1.807) is 13.8 Å². The van der Waals surface area contributed by atoms with Crippen LogP contribution in [0.2, 0.25) is 0 Å². The number of aromatic nitrogens is 6. The summed E-state index contributed by atoms with van der Waals surface area (Å²) in [6.07, 6.45) is -2.42. The van der Waals surface area contributed by atoms with E-state index in [9.17, 15) is 32.7 Å². The lowest BCUT2D eigenvalue weighted by Crippen LogP contribution is -2.44. The maximum absolute atomic E-state index is 14.3. The van der Waals surface area contributed by atoms with Gasteiger partial charge in [0.1, 0.15) is 12.2 Å². The summed E-state index contributed by atoms with van der Waals surface area (Å²) >= 11 is 1.000. The number of hydrogen-bond donors (Lipinski definition) is 1. The second kappa shape index (κ2) is 10.1. The van der Waals surface area contributed by atoms with E-state index in [0.717, 1.165) is 26.1 Å². The molecule has 1 fully saturated rings. The standard InChI is InChI=1S/C25H28F3N7O5S/c1-12(2)34-21-17(19(36)32(5)23(34)38)16(20(37)33-10-24(4,39)11-40-33)15(41-21)9-14-13(3)35(22-29-7-6-8-30-22)31-18(14)25(26,27)28/h6-8,12,15-16,39H,9-11H2,1-5H3/t15?,16?,24-/m0/s1. The number of hydroxylamine groups is 2. The Balaban J connectivity index is 1.67. The zero-order valence-electron chi connectivity index (χ0n) is 22.8. The maximum Gasteiger partial charge on any atom is 0.435 e. The summed E-state index contributed by atoms with van der Waals surface area (Å²) < 4.78 is 46.1. The Bertz CT molecular complexity index is 1630. The Hall–Kier alpha value is -3.50. The van der Waals surface area contributed by atoms with Crippen LogP contribution in [0.5, 0.6) is 0 Å². The van der Waals surface area contributed by atoms with E-state index >= 15 is 0 Å². The third-order valence-corrected chi connectivity index (χ3v) is 8.50. The van der Waals surface area contributed by atoms with Gasteiger partial charge in [-0.2, -0.15) is 18.3 Å². The Kier molecular flexibility index (Phi) is 7.14. The molecule has 5 rings (SSSR count). The normalized spacial score (nSPS) is 22.5. The molecule has 3 atom stereocenters. The van der Waals surface area contributed by atoms with Gasteiger partial charge >= 0.3 is 11.9 Å². The first-order valence-corrected chi connectivity index (χ1v) is 13.6. The largest absolute Gasteiger partial charge is 0.435 e. The summed E-state index contributed by atoms with van der Waals surface area (Å²) in [6, 6.07) is 1.10. The molecule has 2 aliphatic rings. The van der Waals surface area contributed by atoms with Crippen molar-refractivity contribution in [3.8, 4) is 5.95 Å². The van der Waals surface area contributed by atoms with Crippen molar-refractivity contribution in [1.29, 1.82) is 0 Å². The number of hydrogen-bond acceptors (Lipinski definition) is 9. The van der Waals surface area contributed by atoms with Gasteiger partial charge in [0.2, 0.25) is 0 Å². The van der Waals surface area contributed by atoms with E-state index in [1.165, 1.54) is 43.9 Å². The summed E-state index contributed by atoms with van der Waals surface area (Å²) in [6.45, 7) is 6.00. The van der Waals surface area contributed by atoms with Crippen LogP contribution in [-0.4, -0.2) is 69.0 Å². The molecule has 1 N–H and O–H groups in total. The molecule has 16 heteroatoms. The minimum atomic E-state index is -4.84. The SMILES string of the molecule is Cc1c(CC2Sc3c(c(=O)n(C)c(=O)n3C(C)C)C2C(=O)N2C[C@](C)(O)CO2)c(C(F)(F)F)nn1-c1ncccn1. The van der Waals surface area contributed by atoms with Crippen LogP contribution < -0.4 is 11.2 Å². The van der Waals surface area contributed by atoms with Gasteiger partial charge < -0.3 is 5.11 Å². The monoisotopic (exact) mass is 595 g/mol. The zero-order chi connectivity index (χ0) is 30.0. The number of carbonyl (C=O) groups excluding carboxylic acids is 1. The molecule has 3 aromatic heterocycles. The number of nitrogens with zero attached hydrogens (tertiary/aromatic N) is 7. The number of alkyl halides is 3.